The smallest absolute Gasteiger partial charge is 0.263 e. The van der Waals surface area contributed by atoms with Crippen LogP contribution in [-0.4, -0.2) is 173 Å². The fourth-order valence-corrected chi connectivity index (χ4v) is 10.5. The van der Waals surface area contributed by atoms with E-state index in [-0.39, 0.29) is 35.9 Å². The van der Waals surface area contributed by atoms with Crippen molar-refractivity contribution in [1.82, 2.24) is 44.7 Å². The molecule has 4 aliphatic rings. The maximum Gasteiger partial charge on any atom is 0.263 e. The number of ether oxygens (including phenoxy) is 4. The molecule has 71 heavy (non-hydrogen) atoms. The van der Waals surface area contributed by atoms with E-state index in [0.717, 1.165) is 81.3 Å². The van der Waals surface area contributed by atoms with Gasteiger partial charge in [0, 0.05) is 74.9 Å². The van der Waals surface area contributed by atoms with E-state index in [1.165, 1.54) is 18.1 Å². The number of amides is 5. The number of nitrogens with zero attached hydrogens (tertiary/aromatic N) is 8. The molecule has 20 heteroatoms. The number of carbonyl (C=O) groups is 5. The number of anilines is 1. The van der Waals surface area contributed by atoms with E-state index in [1.54, 1.807) is 18.2 Å². The van der Waals surface area contributed by atoms with Crippen LogP contribution < -0.4 is 15.8 Å². The summed E-state index contributed by atoms with van der Waals surface area (Å²) >= 11 is 1.41. The van der Waals surface area contributed by atoms with E-state index < -0.39 is 29.7 Å². The van der Waals surface area contributed by atoms with Crippen LogP contribution in [-0.2, 0) is 28.6 Å². The topological polar surface area (TPSA) is 217 Å². The van der Waals surface area contributed by atoms with Gasteiger partial charge in [0.05, 0.1) is 62.2 Å². The fraction of sp³-hybridized carbons (Fsp3) is 0.451. The first-order valence-corrected chi connectivity index (χ1v) is 25.5. The first-order chi connectivity index (χ1) is 34.7. The molecule has 3 N–H and O–H groups in total. The number of imide groups is 2. The second kappa shape index (κ2) is 23.7. The third-order valence-electron chi connectivity index (χ3n) is 13.3. The van der Waals surface area contributed by atoms with Gasteiger partial charge in [0.1, 0.15) is 35.4 Å². The number of nitrogens with two attached hydrogens (primary N) is 1. The van der Waals surface area contributed by atoms with Crippen molar-refractivity contribution in [1.29, 1.82) is 0 Å². The molecule has 3 aromatic carbocycles. The molecule has 3 fully saturated rings. The molecule has 2 aromatic heterocycles. The number of thioether (sulfide) groups is 1. The van der Waals surface area contributed by atoms with Crippen LogP contribution in [0.4, 0.5) is 5.82 Å². The number of hydrogen-bond acceptors (Lipinski definition) is 16. The molecular weight excluding hydrogens is 929 g/mol. The van der Waals surface area contributed by atoms with E-state index >= 15 is 0 Å². The first-order valence-electron chi connectivity index (χ1n) is 24.5. The lowest BCUT2D eigenvalue weighted by Crippen LogP contribution is -2.54. The Hall–Kier alpha value is -6.29. The van der Waals surface area contributed by atoms with Crippen LogP contribution in [0.1, 0.15) is 65.3 Å². The number of nitrogens with one attached hydrogen (secondary N) is 1. The van der Waals surface area contributed by atoms with Gasteiger partial charge < -0.3 is 34.5 Å². The second-order valence-corrected chi connectivity index (χ2v) is 19.1. The molecule has 0 radical (unpaired) electrons. The van der Waals surface area contributed by atoms with Crippen molar-refractivity contribution in [2.24, 2.45) is 0 Å². The van der Waals surface area contributed by atoms with Crippen molar-refractivity contribution in [3.05, 3.63) is 90.3 Å². The number of para-hydroxylation sites is 1. The lowest BCUT2D eigenvalue weighted by Gasteiger charge is -2.35. The first kappa shape index (κ1) is 49.7. The van der Waals surface area contributed by atoms with Gasteiger partial charge in [-0.2, -0.15) is 5.10 Å². The van der Waals surface area contributed by atoms with Gasteiger partial charge in [0.2, 0.25) is 17.7 Å². The van der Waals surface area contributed by atoms with Gasteiger partial charge in [0.25, 0.3) is 11.8 Å². The zero-order valence-corrected chi connectivity index (χ0v) is 40.6. The van der Waals surface area contributed by atoms with Crippen LogP contribution in [0.15, 0.2) is 84.0 Å². The number of benzene rings is 3. The SMILES string of the molecule is Nc1ncnc2c1c(-c1ccc(Oc3ccccc3)cc1)nn2[C@@H]1CCCN(C(=O)CCCN2CCN(CCOCCOCCOCCSc3cccc4c3C(=O)N(C3CCC(=O)NC3=O)C4=O)CC2)C1. The number of hydrogen-bond donors (Lipinski definition) is 2. The Morgan fingerprint density at radius 1 is 0.761 bits per heavy atom. The molecule has 2 atom stereocenters. The summed E-state index contributed by atoms with van der Waals surface area (Å²) in [5.41, 5.74) is 9.23. The molecule has 0 saturated carbocycles. The summed E-state index contributed by atoms with van der Waals surface area (Å²) in [6, 6.07) is 21.5. The Labute approximate surface area is 416 Å². The van der Waals surface area contributed by atoms with Crippen LogP contribution in [0.25, 0.3) is 22.3 Å². The Morgan fingerprint density at radius 2 is 1.48 bits per heavy atom. The highest BCUT2D eigenvalue weighted by Crippen LogP contribution is 2.36. The molecule has 374 valence electrons. The molecule has 5 aromatic rings. The average molecular weight is 989 g/mol. The summed E-state index contributed by atoms with van der Waals surface area (Å²) in [4.78, 5) is 81.3. The molecule has 9 rings (SSSR count). The predicted molar refractivity (Wildman–Crippen MR) is 265 cm³/mol. The molecule has 6 heterocycles. The Morgan fingerprint density at radius 3 is 2.24 bits per heavy atom. The quantitative estimate of drug-likeness (QED) is 0.0547. The lowest BCUT2D eigenvalue weighted by atomic mass is 10.0. The minimum Gasteiger partial charge on any atom is -0.457 e. The largest absolute Gasteiger partial charge is 0.457 e. The standard InChI is InChI=1S/C51H60N10O9S/c52-47-45-46(35-13-15-38(16-14-35)70-37-8-2-1-3-9-37)56-61(48(45)54-34-53-47)36-7-5-20-59(33-36)43(63)12-6-19-57-21-23-58(24-22-57)25-26-67-27-28-68-29-30-69-31-32-71-41-11-4-10-39-44(41)51(66)60(50(39)65)40-17-18-42(62)55-49(40)64/h1-4,8-11,13-16,34,36,40H,5-7,12,17-33H2,(H2,52,53,54)(H,55,62,64)/t36-,40?/m1/s1. The maximum absolute atomic E-state index is 13.6. The number of rotatable bonds is 22. The van der Waals surface area contributed by atoms with Crippen molar-refractivity contribution in [2.75, 3.05) is 103 Å². The monoisotopic (exact) mass is 988 g/mol. The van der Waals surface area contributed by atoms with Crippen LogP contribution >= 0.6 is 11.8 Å². The van der Waals surface area contributed by atoms with Gasteiger partial charge in [-0.05, 0) is 80.8 Å². The Kier molecular flexibility index (Phi) is 16.6. The van der Waals surface area contributed by atoms with E-state index in [4.69, 9.17) is 29.8 Å². The van der Waals surface area contributed by atoms with E-state index in [9.17, 15) is 24.0 Å². The molecule has 1 unspecified atom stereocenters. The fourth-order valence-electron chi connectivity index (χ4n) is 9.54. The summed E-state index contributed by atoms with van der Waals surface area (Å²) in [5.74, 6) is 0.497. The molecule has 19 nitrogen and oxygen atoms in total. The Balaban J connectivity index is 0.616. The summed E-state index contributed by atoms with van der Waals surface area (Å²) < 4.78 is 25.2. The normalized spacial score (nSPS) is 18.9. The third kappa shape index (κ3) is 12.1. The van der Waals surface area contributed by atoms with Gasteiger partial charge in [-0.3, -0.25) is 39.1 Å². The molecule has 4 aliphatic heterocycles. The van der Waals surface area contributed by atoms with E-state index in [1.807, 2.05) is 64.2 Å². The molecule has 0 bridgehead atoms. The average Bonchev–Trinajstić information content (AvgIpc) is 3.90. The van der Waals surface area contributed by atoms with Crippen LogP contribution in [0, 0.1) is 0 Å². The van der Waals surface area contributed by atoms with Crippen LogP contribution in [0.3, 0.4) is 0 Å². The van der Waals surface area contributed by atoms with Crippen molar-refractivity contribution in [3.63, 3.8) is 0 Å². The summed E-state index contributed by atoms with van der Waals surface area (Å²) in [7, 11) is 0. The van der Waals surface area contributed by atoms with Crippen molar-refractivity contribution in [2.45, 2.75) is 55.5 Å². The van der Waals surface area contributed by atoms with Gasteiger partial charge in [-0.1, -0.05) is 24.3 Å². The maximum atomic E-state index is 13.6. The number of aromatic nitrogens is 4. The summed E-state index contributed by atoms with van der Waals surface area (Å²) in [6.07, 6.45) is 4.73. The van der Waals surface area contributed by atoms with Gasteiger partial charge >= 0.3 is 0 Å². The second-order valence-electron chi connectivity index (χ2n) is 17.9. The van der Waals surface area contributed by atoms with Gasteiger partial charge in [-0.15, -0.1) is 11.8 Å². The van der Waals surface area contributed by atoms with E-state index in [2.05, 4.69) is 25.1 Å². The highest BCUT2D eigenvalue weighted by Gasteiger charge is 2.45. The number of fused-ring (bicyclic) bond motifs is 2. The minimum absolute atomic E-state index is 0.0366. The van der Waals surface area contributed by atoms with Gasteiger partial charge in [-0.25, -0.2) is 14.6 Å². The summed E-state index contributed by atoms with van der Waals surface area (Å²) in [5, 5.41) is 7.99. The highest BCUT2D eigenvalue weighted by molar-refractivity contribution is 7.99. The van der Waals surface area contributed by atoms with E-state index in [0.29, 0.717) is 91.5 Å². The molecule has 5 amide bonds. The van der Waals surface area contributed by atoms with Crippen molar-refractivity contribution >= 4 is 58.1 Å². The number of piperazine rings is 1. The molecular formula is C51H60N10O9S. The van der Waals surface area contributed by atoms with Gasteiger partial charge in [0.15, 0.2) is 5.65 Å². The number of nitrogen functional groups attached to an aromatic ring is 1. The number of carbonyl (C=O) groups excluding carboxylic acids is 5. The lowest BCUT2D eigenvalue weighted by molar-refractivity contribution is -0.136. The van der Waals surface area contributed by atoms with Crippen molar-refractivity contribution < 1.29 is 42.9 Å². The highest BCUT2D eigenvalue weighted by atomic mass is 32.2. The van der Waals surface area contributed by atoms with Crippen molar-refractivity contribution in [3.8, 4) is 22.8 Å². The zero-order valence-electron chi connectivity index (χ0n) is 39.7. The summed E-state index contributed by atoms with van der Waals surface area (Å²) in [6.45, 7) is 9.70. The molecule has 0 spiro atoms. The van der Waals surface area contributed by atoms with Crippen LogP contribution in [0.5, 0.6) is 11.5 Å². The minimum atomic E-state index is -0.997. The predicted octanol–water partition coefficient (Wildman–Crippen LogP) is 4.67. The Bertz CT molecular complexity index is 2680. The molecule has 3 saturated heterocycles. The van der Waals surface area contributed by atoms with Crippen LogP contribution in [0.2, 0.25) is 0 Å². The zero-order chi connectivity index (χ0) is 49.1. The molecule has 0 aliphatic carbocycles. The number of likely N-dealkylation sites (tertiary alicyclic amines) is 1. The third-order valence-corrected chi connectivity index (χ3v) is 14.3. The number of piperidine rings is 2.